The van der Waals surface area contributed by atoms with Crippen LogP contribution in [0, 0.1) is 13.8 Å². The SMILES string of the molecule is Cc1n[nH]c(C)c1C(=O)NC1CCN(C)C1. The van der Waals surface area contributed by atoms with Crippen LogP contribution in [0.4, 0.5) is 0 Å². The van der Waals surface area contributed by atoms with Crippen LogP contribution in [-0.4, -0.2) is 47.2 Å². The second-order valence-electron chi connectivity index (χ2n) is 4.53. The van der Waals surface area contributed by atoms with E-state index in [0.29, 0.717) is 5.56 Å². The van der Waals surface area contributed by atoms with Crippen LogP contribution < -0.4 is 5.32 Å². The van der Waals surface area contributed by atoms with Crippen LogP contribution in [0.15, 0.2) is 0 Å². The van der Waals surface area contributed by atoms with Crippen LogP contribution in [-0.2, 0) is 0 Å². The molecule has 0 aromatic carbocycles. The summed E-state index contributed by atoms with van der Waals surface area (Å²) in [6, 6.07) is 0.270. The third-order valence-electron chi connectivity index (χ3n) is 3.08. The normalized spacial score (nSPS) is 21.3. The smallest absolute Gasteiger partial charge is 0.255 e. The number of carbonyl (C=O) groups excluding carboxylic acids is 1. The van der Waals surface area contributed by atoms with Gasteiger partial charge in [0.25, 0.3) is 5.91 Å². The number of carbonyl (C=O) groups is 1. The van der Waals surface area contributed by atoms with Gasteiger partial charge in [0.1, 0.15) is 0 Å². The Balaban J connectivity index is 2.03. The topological polar surface area (TPSA) is 61.0 Å². The lowest BCUT2D eigenvalue weighted by atomic mass is 10.1. The highest BCUT2D eigenvalue weighted by atomic mass is 16.1. The molecule has 1 unspecified atom stereocenters. The number of nitrogens with one attached hydrogen (secondary N) is 2. The van der Waals surface area contributed by atoms with Crippen molar-refractivity contribution >= 4 is 5.91 Å². The Morgan fingerprint density at radius 1 is 1.56 bits per heavy atom. The summed E-state index contributed by atoms with van der Waals surface area (Å²) in [5.41, 5.74) is 2.29. The second-order valence-corrected chi connectivity index (χ2v) is 4.53. The van der Waals surface area contributed by atoms with E-state index in [9.17, 15) is 4.79 Å². The zero-order valence-electron chi connectivity index (χ0n) is 10.0. The summed E-state index contributed by atoms with van der Waals surface area (Å²) in [6.45, 7) is 5.70. The number of aromatic nitrogens is 2. The zero-order chi connectivity index (χ0) is 11.7. The summed E-state index contributed by atoms with van der Waals surface area (Å²) < 4.78 is 0. The molecule has 0 bridgehead atoms. The largest absolute Gasteiger partial charge is 0.348 e. The third kappa shape index (κ3) is 2.09. The molecule has 1 saturated heterocycles. The average Bonchev–Trinajstić information content (AvgIpc) is 2.74. The lowest BCUT2D eigenvalue weighted by Gasteiger charge is -2.12. The second kappa shape index (κ2) is 4.25. The number of amides is 1. The van der Waals surface area contributed by atoms with E-state index in [1.807, 2.05) is 13.8 Å². The molecule has 88 valence electrons. The van der Waals surface area contributed by atoms with Gasteiger partial charge in [0.05, 0.1) is 11.3 Å². The number of rotatable bonds is 2. The van der Waals surface area contributed by atoms with Gasteiger partial charge in [0.2, 0.25) is 0 Å². The summed E-state index contributed by atoms with van der Waals surface area (Å²) in [4.78, 5) is 14.2. The van der Waals surface area contributed by atoms with E-state index in [4.69, 9.17) is 0 Å². The quantitative estimate of drug-likeness (QED) is 0.764. The fourth-order valence-electron chi connectivity index (χ4n) is 2.20. The predicted molar refractivity (Wildman–Crippen MR) is 61.4 cm³/mol. The first-order valence-electron chi connectivity index (χ1n) is 5.59. The first kappa shape index (κ1) is 11.1. The highest BCUT2D eigenvalue weighted by molar-refractivity contribution is 5.96. The molecule has 1 aliphatic rings. The van der Waals surface area contributed by atoms with Crippen molar-refractivity contribution in [2.75, 3.05) is 20.1 Å². The lowest BCUT2D eigenvalue weighted by molar-refractivity contribution is 0.0937. The summed E-state index contributed by atoms with van der Waals surface area (Å²) in [6.07, 6.45) is 1.03. The predicted octanol–water partition coefficient (Wildman–Crippen LogP) is 0.460. The van der Waals surface area contributed by atoms with Gasteiger partial charge in [-0.3, -0.25) is 9.89 Å². The molecule has 0 radical (unpaired) electrons. The molecule has 1 aromatic heterocycles. The Morgan fingerprint density at radius 3 is 2.81 bits per heavy atom. The van der Waals surface area contributed by atoms with Crippen molar-refractivity contribution in [2.45, 2.75) is 26.3 Å². The first-order valence-corrected chi connectivity index (χ1v) is 5.59. The molecule has 2 rings (SSSR count). The van der Waals surface area contributed by atoms with Crippen molar-refractivity contribution in [1.82, 2.24) is 20.4 Å². The molecule has 1 aromatic rings. The van der Waals surface area contributed by atoms with Crippen LogP contribution in [0.3, 0.4) is 0 Å². The molecular weight excluding hydrogens is 204 g/mol. The van der Waals surface area contributed by atoms with Crippen LogP contribution in [0.5, 0.6) is 0 Å². The molecule has 1 amide bonds. The standard InChI is InChI=1S/C11H18N4O/c1-7-10(8(2)14-13-7)11(16)12-9-4-5-15(3)6-9/h9H,4-6H2,1-3H3,(H,12,16)(H,13,14). The molecule has 1 aliphatic heterocycles. The van der Waals surface area contributed by atoms with E-state index in [-0.39, 0.29) is 11.9 Å². The molecule has 5 heteroatoms. The number of likely N-dealkylation sites (tertiary alicyclic amines) is 1. The van der Waals surface area contributed by atoms with Crippen LogP contribution >= 0.6 is 0 Å². The van der Waals surface area contributed by atoms with Crippen molar-refractivity contribution < 1.29 is 4.79 Å². The van der Waals surface area contributed by atoms with Crippen molar-refractivity contribution in [3.05, 3.63) is 17.0 Å². The third-order valence-corrected chi connectivity index (χ3v) is 3.08. The summed E-state index contributed by atoms with van der Waals surface area (Å²) in [5.74, 6) is -0.0101. The lowest BCUT2D eigenvalue weighted by Crippen LogP contribution is -2.36. The van der Waals surface area contributed by atoms with E-state index in [0.717, 1.165) is 30.9 Å². The van der Waals surface area contributed by atoms with Gasteiger partial charge in [-0.1, -0.05) is 0 Å². The van der Waals surface area contributed by atoms with Gasteiger partial charge in [-0.25, -0.2) is 0 Å². The molecule has 1 fully saturated rings. The van der Waals surface area contributed by atoms with Crippen molar-refractivity contribution in [1.29, 1.82) is 0 Å². The molecule has 5 nitrogen and oxygen atoms in total. The molecule has 0 spiro atoms. The van der Waals surface area contributed by atoms with Gasteiger partial charge in [-0.2, -0.15) is 5.10 Å². The number of nitrogens with zero attached hydrogens (tertiary/aromatic N) is 2. The van der Waals surface area contributed by atoms with Crippen molar-refractivity contribution in [3.63, 3.8) is 0 Å². The molecule has 0 aliphatic carbocycles. The van der Waals surface area contributed by atoms with E-state index in [2.05, 4.69) is 27.5 Å². The molecular formula is C11H18N4O. The maximum Gasteiger partial charge on any atom is 0.255 e. The molecule has 16 heavy (non-hydrogen) atoms. The summed E-state index contributed by atoms with van der Waals surface area (Å²) >= 11 is 0. The fourth-order valence-corrected chi connectivity index (χ4v) is 2.20. The number of aryl methyl sites for hydroxylation is 2. The number of hydrogen-bond acceptors (Lipinski definition) is 3. The number of hydrogen-bond donors (Lipinski definition) is 2. The molecule has 2 N–H and O–H groups in total. The van der Waals surface area contributed by atoms with Crippen molar-refractivity contribution in [2.24, 2.45) is 0 Å². The van der Waals surface area contributed by atoms with Gasteiger partial charge in [0, 0.05) is 18.3 Å². The summed E-state index contributed by atoms with van der Waals surface area (Å²) in [5, 5.41) is 9.91. The monoisotopic (exact) mass is 222 g/mol. The Morgan fingerprint density at radius 2 is 2.31 bits per heavy atom. The Hall–Kier alpha value is -1.36. The minimum atomic E-state index is -0.0101. The Kier molecular flexibility index (Phi) is 2.96. The van der Waals surface area contributed by atoms with Crippen LogP contribution in [0.2, 0.25) is 0 Å². The first-order chi connectivity index (χ1) is 7.58. The van der Waals surface area contributed by atoms with Gasteiger partial charge < -0.3 is 10.2 Å². The molecule has 2 heterocycles. The van der Waals surface area contributed by atoms with Gasteiger partial charge >= 0.3 is 0 Å². The van der Waals surface area contributed by atoms with Gasteiger partial charge in [-0.15, -0.1) is 0 Å². The molecule has 1 atom stereocenters. The Bertz CT molecular complexity index is 379. The number of likely N-dealkylation sites (N-methyl/N-ethyl adjacent to an activating group) is 1. The van der Waals surface area contributed by atoms with Crippen LogP contribution in [0.1, 0.15) is 28.2 Å². The maximum atomic E-state index is 12.0. The zero-order valence-corrected chi connectivity index (χ0v) is 10.0. The van der Waals surface area contributed by atoms with E-state index in [1.54, 1.807) is 0 Å². The number of H-pyrrole nitrogens is 1. The number of aromatic amines is 1. The van der Waals surface area contributed by atoms with E-state index < -0.39 is 0 Å². The van der Waals surface area contributed by atoms with Gasteiger partial charge in [0.15, 0.2) is 0 Å². The van der Waals surface area contributed by atoms with E-state index in [1.165, 1.54) is 0 Å². The summed E-state index contributed by atoms with van der Waals surface area (Å²) in [7, 11) is 2.07. The minimum absolute atomic E-state index is 0.0101. The Labute approximate surface area is 95.2 Å². The fraction of sp³-hybridized carbons (Fsp3) is 0.636. The maximum absolute atomic E-state index is 12.0. The highest BCUT2D eigenvalue weighted by Gasteiger charge is 2.23. The van der Waals surface area contributed by atoms with E-state index >= 15 is 0 Å². The van der Waals surface area contributed by atoms with Crippen molar-refractivity contribution in [3.8, 4) is 0 Å². The average molecular weight is 222 g/mol. The van der Waals surface area contributed by atoms with Crippen LogP contribution in [0.25, 0.3) is 0 Å². The van der Waals surface area contributed by atoms with Gasteiger partial charge in [-0.05, 0) is 33.9 Å². The molecule has 0 saturated carbocycles. The minimum Gasteiger partial charge on any atom is -0.348 e. The highest BCUT2D eigenvalue weighted by Crippen LogP contribution is 2.11.